The van der Waals surface area contributed by atoms with Crippen molar-refractivity contribution < 1.29 is 28.8 Å². The normalized spacial score (nSPS) is 12.0. The van der Waals surface area contributed by atoms with E-state index in [4.69, 9.17) is 23.7 Å². The van der Waals surface area contributed by atoms with Crippen LogP contribution in [0.4, 0.5) is 0 Å². The van der Waals surface area contributed by atoms with Crippen LogP contribution < -0.4 is 23.7 Å². The van der Waals surface area contributed by atoms with Crippen LogP contribution in [0.1, 0.15) is 196 Å². The van der Waals surface area contributed by atoms with E-state index in [1.807, 2.05) is 42.5 Å². The fourth-order valence-electron chi connectivity index (χ4n) is 10.9. The summed E-state index contributed by atoms with van der Waals surface area (Å²) in [6, 6.07) is 71.7. The molecular formula is C88H104O6. The molecule has 0 atom stereocenters. The zero-order chi connectivity index (χ0) is 68.1. The fourth-order valence-corrected chi connectivity index (χ4v) is 10.9. The average molecular weight is 1260 g/mol. The average Bonchev–Trinajstić information content (AvgIpc) is 0.900. The molecule has 10 aromatic carbocycles. The van der Waals surface area contributed by atoms with Crippen molar-refractivity contribution in [1.29, 1.82) is 0 Å². The van der Waals surface area contributed by atoms with Crippen LogP contribution in [0.15, 0.2) is 212 Å². The van der Waals surface area contributed by atoms with E-state index >= 15 is 0 Å². The van der Waals surface area contributed by atoms with Gasteiger partial charge in [-0.1, -0.05) is 207 Å². The molecule has 0 aliphatic heterocycles. The van der Waals surface area contributed by atoms with Crippen LogP contribution in [-0.4, -0.2) is 5.11 Å². The Morgan fingerprint density at radius 3 is 1.20 bits per heavy atom. The van der Waals surface area contributed by atoms with Gasteiger partial charge in [-0.25, -0.2) is 0 Å². The van der Waals surface area contributed by atoms with Crippen molar-refractivity contribution in [2.45, 2.75) is 186 Å². The second kappa shape index (κ2) is 34.8. The highest BCUT2D eigenvalue weighted by atomic mass is 16.5. The standard InChI is InChI=1S/C20H24O.C18H22O.2C17H20O.C16H18O2/c1-15-8-11-18(12-9-15)21-20-14-16(2)10-13-19(20)17-6-4-3-5-7-17;1-13-6-9-15(10-7-13)19-17-12-14(2)8-11-16(17)18(3,4)5;1-12(2)15-8-7-14(4)17(11-15)18-16-9-5-13(3)6-10-16;1-12(2)16-10-7-14(4)11-17(16)18-15-8-5-13(3)6-9-15;1-11(2)13-8-12(3)9-16(10-13)18-15-6-4-14(17)5-7-15/h8-14,17H,3-7H2,1-2H3;6-12H,1-5H3;2*5-12H,1-4H3;4-11,17H,1-3H3. The van der Waals surface area contributed by atoms with Crippen LogP contribution in [0.3, 0.4) is 0 Å². The van der Waals surface area contributed by atoms with Crippen LogP contribution >= 0.6 is 0 Å². The molecule has 0 amide bonds. The summed E-state index contributed by atoms with van der Waals surface area (Å²) >= 11 is 0. The molecule has 492 valence electrons. The van der Waals surface area contributed by atoms with E-state index in [1.165, 1.54) is 110 Å². The van der Waals surface area contributed by atoms with Gasteiger partial charge in [-0.05, 0) is 264 Å². The first-order valence-corrected chi connectivity index (χ1v) is 33.7. The van der Waals surface area contributed by atoms with Crippen molar-refractivity contribution >= 4 is 0 Å². The quantitative estimate of drug-likeness (QED) is 0.117. The zero-order valence-electron chi connectivity index (χ0n) is 59.5. The topological polar surface area (TPSA) is 66.4 Å². The lowest BCUT2D eigenvalue weighted by Crippen LogP contribution is -2.12. The third-order valence-corrected chi connectivity index (χ3v) is 16.6. The molecular weight excluding hydrogens is 1150 g/mol. The Bertz CT molecular complexity index is 3940. The second-order valence-electron chi connectivity index (χ2n) is 27.5. The molecule has 6 nitrogen and oxygen atoms in total. The van der Waals surface area contributed by atoms with E-state index in [0.29, 0.717) is 23.7 Å². The summed E-state index contributed by atoms with van der Waals surface area (Å²) < 4.78 is 30.0. The van der Waals surface area contributed by atoms with Crippen LogP contribution in [0.25, 0.3) is 0 Å². The van der Waals surface area contributed by atoms with Gasteiger partial charge in [0.1, 0.15) is 63.2 Å². The lowest BCUT2D eigenvalue weighted by Gasteiger charge is -2.24. The molecule has 0 bridgehead atoms. The number of phenolic OH excluding ortho intramolecular Hbond substituents is 1. The van der Waals surface area contributed by atoms with Crippen LogP contribution in [-0.2, 0) is 5.41 Å². The Balaban J connectivity index is 0.000000166. The predicted octanol–water partition coefficient (Wildman–Crippen LogP) is 26.6. The smallest absolute Gasteiger partial charge is 0.131 e. The van der Waals surface area contributed by atoms with Gasteiger partial charge in [-0.3, -0.25) is 0 Å². The zero-order valence-corrected chi connectivity index (χ0v) is 59.5. The Hall–Kier alpha value is -9.00. The lowest BCUT2D eigenvalue weighted by atomic mass is 9.83. The Kier molecular flexibility index (Phi) is 26.8. The number of hydrogen-bond donors (Lipinski definition) is 1. The third kappa shape index (κ3) is 23.2. The molecule has 10 aromatic rings. The molecule has 0 spiro atoms. The Morgan fingerprint density at radius 1 is 0.319 bits per heavy atom. The predicted molar refractivity (Wildman–Crippen MR) is 396 cm³/mol. The van der Waals surface area contributed by atoms with Crippen molar-refractivity contribution in [2.24, 2.45) is 0 Å². The van der Waals surface area contributed by atoms with Gasteiger partial charge in [-0.15, -0.1) is 0 Å². The maximum Gasteiger partial charge on any atom is 0.131 e. The number of aryl methyl sites for hydroxylation is 9. The number of aromatic hydroxyl groups is 1. The number of hydrogen-bond acceptors (Lipinski definition) is 6. The molecule has 0 saturated heterocycles. The van der Waals surface area contributed by atoms with E-state index in [1.54, 1.807) is 24.3 Å². The summed E-state index contributed by atoms with van der Waals surface area (Å²) in [4.78, 5) is 0. The molecule has 1 aliphatic carbocycles. The SMILES string of the molecule is Cc1cc(Oc2ccc(O)cc2)cc(C(C)C)c1.Cc1ccc(Oc2cc(C(C)C)ccc2C)cc1.Cc1ccc(Oc2cc(C)ccc2C(C)(C)C)cc1.Cc1ccc(Oc2cc(C)ccc2C(C)C)cc1.Cc1ccc(Oc2cc(C)ccc2C2CCCCC2)cc1. The minimum atomic E-state index is 0.0771. The maximum absolute atomic E-state index is 9.23. The summed E-state index contributed by atoms with van der Waals surface area (Å²) in [5, 5.41) is 9.23. The van der Waals surface area contributed by atoms with Crippen LogP contribution in [0, 0.1) is 62.3 Å². The number of rotatable bonds is 14. The molecule has 0 radical (unpaired) electrons. The minimum Gasteiger partial charge on any atom is -0.508 e. The molecule has 1 N–H and O–H groups in total. The van der Waals surface area contributed by atoms with Gasteiger partial charge >= 0.3 is 0 Å². The lowest BCUT2D eigenvalue weighted by molar-refractivity contribution is 0.418. The Labute approximate surface area is 565 Å². The monoisotopic (exact) mass is 1260 g/mol. The molecule has 0 unspecified atom stereocenters. The summed E-state index contributed by atoms with van der Waals surface area (Å²) in [5.41, 5.74) is 17.6. The van der Waals surface area contributed by atoms with Gasteiger partial charge in [0.05, 0.1) is 0 Å². The highest BCUT2D eigenvalue weighted by Gasteiger charge is 2.21. The van der Waals surface area contributed by atoms with Gasteiger partial charge in [0.15, 0.2) is 0 Å². The number of phenols is 1. The molecule has 1 aliphatic rings. The van der Waals surface area contributed by atoms with E-state index in [0.717, 1.165) is 57.5 Å². The second-order valence-corrected chi connectivity index (χ2v) is 27.5. The van der Waals surface area contributed by atoms with Crippen molar-refractivity contribution in [2.75, 3.05) is 0 Å². The van der Waals surface area contributed by atoms with Gasteiger partial charge in [0, 0.05) is 5.56 Å². The fraction of sp³-hybridized carbons (Fsp3) is 0.318. The molecule has 6 heteroatoms. The van der Waals surface area contributed by atoms with Crippen molar-refractivity contribution in [3.8, 4) is 63.2 Å². The highest BCUT2D eigenvalue weighted by molar-refractivity contribution is 5.48. The van der Waals surface area contributed by atoms with Crippen molar-refractivity contribution in [3.63, 3.8) is 0 Å². The molecule has 0 aromatic heterocycles. The largest absolute Gasteiger partial charge is 0.508 e. The van der Waals surface area contributed by atoms with Gasteiger partial charge in [0.25, 0.3) is 0 Å². The van der Waals surface area contributed by atoms with E-state index in [9.17, 15) is 5.11 Å². The molecule has 1 saturated carbocycles. The van der Waals surface area contributed by atoms with Gasteiger partial charge in [-0.2, -0.15) is 0 Å². The summed E-state index contributed by atoms with van der Waals surface area (Å²) in [7, 11) is 0. The van der Waals surface area contributed by atoms with Crippen LogP contribution in [0.2, 0.25) is 0 Å². The molecule has 11 rings (SSSR count). The summed E-state index contributed by atoms with van der Waals surface area (Å²) in [6.07, 6.45) is 6.68. The summed E-state index contributed by atoms with van der Waals surface area (Å²) in [6.45, 7) is 38.5. The van der Waals surface area contributed by atoms with E-state index in [2.05, 4.69) is 270 Å². The van der Waals surface area contributed by atoms with E-state index in [-0.39, 0.29) is 11.2 Å². The molecule has 1 fully saturated rings. The van der Waals surface area contributed by atoms with Crippen LogP contribution in [0.5, 0.6) is 63.2 Å². The van der Waals surface area contributed by atoms with Gasteiger partial charge < -0.3 is 28.8 Å². The molecule has 0 heterocycles. The third-order valence-electron chi connectivity index (χ3n) is 16.6. The van der Waals surface area contributed by atoms with Crippen molar-refractivity contribution in [3.05, 3.63) is 290 Å². The maximum atomic E-state index is 9.23. The first-order chi connectivity index (χ1) is 44.7. The first-order valence-electron chi connectivity index (χ1n) is 33.7. The first kappa shape index (κ1) is 72.4. The number of ether oxygens (including phenoxy) is 5. The molecule has 94 heavy (non-hydrogen) atoms. The highest BCUT2D eigenvalue weighted by Crippen LogP contribution is 2.41. The van der Waals surface area contributed by atoms with E-state index < -0.39 is 0 Å². The van der Waals surface area contributed by atoms with Crippen molar-refractivity contribution in [1.82, 2.24) is 0 Å². The van der Waals surface area contributed by atoms with Gasteiger partial charge in [0.2, 0.25) is 0 Å². The summed E-state index contributed by atoms with van der Waals surface area (Å²) in [5.74, 6) is 11.5. The number of benzene rings is 10. The minimum absolute atomic E-state index is 0.0771. The Morgan fingerprint density at radius 2 is 0.723 bits per heavy atom.